The van der Waals surface area contributed by atoms with Gasteiger partial charge in [-0.2, -0.15) is 0 Å². The summed E-state index contributed by atoms with van der Waals surface area (Å²) in [4.78, 5) is 25.1. The highest BCUT2D eigenvalue weighted by atomic mass is 79.9. The van der Waals surface area contributed by atoms with Gasteiger partial charge in [-0.05, 0) is 38.1 Å². The average molecular weight is 395 g/mol. The van der Waals surface area contributed by atoms with Crippen molar-refractivity contribution in [3.05, 3.63) is 34.4 Å². The third kappa shape index (κ3) is 3.32. The second-order valence-electron chi connectivity index (χ2n) is 6.10. The maximum atomic E-state index is 12.0. The first kappa shape index (κ1) is 17.0. The van der Waals surface area contributed by atoms with E-state index in [0.717, 1.165) is 47.7 Å². The Kier molecular flexibility index (Phi) is 4.91. The van der Waals surface area contributed by atoms with E-state index in [1.807, 2.05) is 23.1 Å². The summed E-state index contributed by atoms with van der Waals surface area (Å²) in [5.74, 6) is -1.85. The molecule has 2 heterocycles. The Hall–Kier alpha value is -1.86. The van der Waals surface area contributed by atoms with Crippen LogP contribution in [0.15, 0.2) is 28.9 Å². The van der Waals surface area contributed by atoms with Gasteiger partial charge in [-0.25, -0.2) is 0 Å². The highest BCUT2D eigenvalue weighted by Gasteiger charge is 2.31. The van der Waals surface area contributed by atoms with Gasteiger partial charge >= 0.3 is 11.9 Å². The zero-order valence-corrected chi connectivity index (χ0v) is 14.7. The van der Waals surface area contributed by atoms with Gasteiger partial charge in [0.2, 0.25) is 0 Å². The molecule has 1 aromatic carbocycles. The highest BCUT2D eigenvalue weighted by molar-refractivity contribution is 9.10. The Morgan fingerprint density at radius 2 is 1.88 bits per heavy atom. The van der Waals surface area contributed by atoms with Crippen LogP contribution in [-0.4, -0.2) is 44.7 Å². The highest BCUT2D eigenvalue weighted by Crippen LogP contribution is 2.33. The number of fused-ring (bicyclic) bond motifs is 1. The number of rotatable bonds is 5. The lowest BCUT2D eigenvalue weighted by Gasteiger charge is -2.31. The molecule has 1 aliphatic rings. The minimum absolute atomic E-state index is 0.195. The van der Waals surface area contributed by atoms with Crippen molar-refractivity contribution < 1.29 is 19.8 Å². The Morgan fingerprint density at radius 1 is 1.17 bits per heavy atom. The van der Waals surface area contributed by atoms with Crippen molar-refractivity contribution in [2.24, 2.45) is 0 Å². The molecule has 0 radical (unpaired) electrons. The van der Waals surface area contributed by atoms with Crippen molar-refractivity contribution in [3.8, 4) is 0 Å². The molecule has 2 N–H and O–H groups in total. The first-order valence-electron chi connectivity index (χ1n) is 7.94. The van der Waals surface area contributed by atoms with Crippen molar-refractivity contribution in [2.45, 2.75) is 31.8 Å². The largest absolute Gasteiger partial charge is 0.480 e. The number of aromatic nitrogens is 1. The molecule has 128 valence electrons. The van der Waals surface area contributed by atoms with Crippen LogP contribution >= 0.6 is 15.9 Å². The van der Waals surface area contributed by atoms with E-state index in [2.05, 4.69) is 15.9 Å². The first-order valence-corrected chi connectivity index (χ1v) is 8.73. The SMILES string of the molecule is O=C(O)Cn1cc(C(C(=O)O)N2CCCCC2)c2ccc(Br)cc21. The molecule has 0 aliphatic carbocycles. The summed E-state index contributed by atoms with van der Waals surface area (Å²) in [7, 11) is 0. The fourth-order valence-corrected chi connectivity index (χ4v) is 3.80. The van der Waals surface area contributed by atoms with Crippen LogP contribution in [-0.2, 0) is 16.1 Å². The molecule has 24 heavy (non-hydrogen) atoms. The number of aliphatic carboxylic acids is 2. The van der Waals surface area contributed by atoms with E-state index in [-0.39, 0.29) is 6.54 Å². The Morgan fingerprint density at radius 3 is 2.50 bits per heavy atom. The third-order valence-corrected chi connectivity index (χ3v) is 4.96. The van der Waals surface area contributed by atoms with Gasteiger partial charge in [0.15, 0.2) is 0 Å². The number of hydrogen-bond acceptors (Lipinski definition) is 3. The van der Waals surface area contributed by atoms with Crippen LogP contribution in [0.4, 0.5) is 0 Å². The maximum absolute atomic E-state index is 12.0. The van der Waals surface area contributed by atoms with Gasteiger partial charge in [-0.3, -0.25) is 14.5 Å². The van der Waals surface area contributed by atoms with Crippen molar-refractivity contribution in [3.63, 3.8) is 0 Å². The number of carbonyl (C=O) groups is 2. The smallest absolute Gasteiger partial charge is 0.325 e. The first-order chi connectivity index (χ1) is 11.5. The van der Waals surface area contributed by atoms with Gasteiger partial charge in [0.05, 0.1) is 5.52 Å². The summed E-state index contributed by atoms with van der Waals surface area (Å²) in [5, 5.41) is 19.7. The minimum atomic E-state index is -0.955. The fraction of sp³-hybridized carbons (Fsp3) is 0.412. The van der Waals surface area contributed by atoms with Gasteiger partial charge in [-0.15, -0.1) is 0 Å². The summed E-state index contributed by atoms with van der Waals surface area (Å²) < 4.78 is 2.44. The number of carboxylic acids is 2. The number of nitrogens with zero attached hydrogens (tertiary/aromatic N) is 2. The Labute approximate surface area is 147 Å². The zero-order chi connectivity index (χ0) is 17.3. The summed E-state index contributed by atoms with van der Waals surface area (Å²) in [6, 6.07) is 4.79. The molecule has 0 bridgehead atoms. The number of piperidine rings is 1. The molecule has 1 saturated heterocycles. The molecule has 0 spiro atoms. The monoisotopic (exact) mass is 394 g/mol. The standard InChI is InChI=1S/C17H19BrN2O4/c18-11-4-5-12-13(9-20(10-15(21)22)14(12)8-11)16(17(23)24)19-6-2-1-3-7-19/h4-5,8-9,16H,1-3,6-7,10H2,(H,21,22)(H,23,24). The molecular weight excluding hydrogens is 376 g/mol. The molecule has 1 fully saturated rings. The van der Waals surface area contributed by atoms with E-state index in [1.165, 1.54) is 0 Å². The van der Waals surface area contributed by atoms with Crippen LogP contribution in [0.3, 0.4) is 0 Å². The van der Waals surface area contributed by atoms with Crippen LogP contribution in [0.2, 0.25) is 0 Å². The van der Waals surface area contributed by atoms with E-state index < -0.39 is 18.0 Å². The molecule has 7 heteroatoms. The fourth-order valence-electron chi connectivity index (χ4n) is 3.45. The van der Waals surface area contributed by atoms with Gasteiger partial charge in [0, 0.05) is 21.6 Å². The van der Waals surface area contributed by atoms with Crippen molar-refractivity contribution >= 4 is 38.8 Å². The Bertz CT molecular complexity index is 780. The Balaban J connectivity index is 2.12. The second kappa shape index (κ2) is 6.94. The maximum Gasteiger partial charge on any atom is 0.325 e. The molecule has 1 unspecified atom stereocenters. The van der Waals surface area contributed by atoms with Gasteiger partial charge < -0.3 is 14.8 Å². The molecule has 1 atom stereocenters. The summed E-state index contributed by atoms with van der Waals surface area (Å²) >= 11 is 3.40. The van der Waals surface area contributed by atoms with E-state index in [1.54, 1.807) is 10.8 Å². The van der Waals surface area contributed by atoms with Crippen LogP contribution in [0.1, 0.15) is 30.9 Å². The molecule has 0 saturated carbocycles. The van der Waals surface area contributed by atoms with Crippen molar-refractivity contribution in [1.82, 2.24) is 9.47 Å². The van der Waals surface area contributed by atoms with Crippen LogP contribution in [0.25, 0.3) is 10.9 Å². The van der Waals surface area contributed by atoms with E-state index in [4.69, 9.17) is 5.11 Å². The topological polar surface area (TPSA) is 82.8 Å². The van der Waals surface area contributed by atoms with E-state index in [9.17, 15) is 14.7 Å². The normalized spacial score (nSPS) is 17.0. The second-order valence-corrected chi connectivity index (χ2v) is 7.02. The third-order valence-electron chi connectivity index (χ3n) is 4.47. The van der Waals surface area contributed by atoms with Crippen LogP contribution in [0, 0.1) is 0 Å². The van der Waals surface area contributed by atoms with Crippen LogP contribution in [0.5, 0.6) is 0 Å². The van der Waals surface area contributed by atoms with Gasteiger partial charge in [-0.1, -0.05) is 28.4 Å². The van der Waals surface area contributed by atoms with Crippen molar-refractivity contribution in [2.75, 3.05) is 13.1 Å². The number of carboxylic acid groups (broad SMARTS) is 2. The molecule has 0 amide bonds. The number of halogens is 1. The number of hydrogen-bond donors (Lipinski definition) is 2. The van der Waals surface area contributed by atoms with E-state index >= 15 is 0 Å². The minimum Gasteiger partial charge on any atom is -0.480 e. The van der Waals surface area contributed by atoms with Gasteiger partial charge in [0.1, 0.15) is 12.6 Å². The van der Waals surface area contributed by atoms with Crippen molar-refractivity contribution in [1.29, 1.82) is 0 Å². The number of likely N-dealkylation sites (tertiary alicyclic amines) is 1. The molecule has 1 aliphatic heterocycles. The summed E-state index contributed by atoms with van der Waals surface area (Å²) in [6.45, 7) is 1.30. The summed E-state index contributed by atoms with van der Waals surface area (Å²) in [6.07, 6.45) is 4.78. The molecular formula is C17H19BrN2O4. The molecule has 2 aromatic rings. The van der Waals surface area contributed by atoms with Crippen LogP contribution < -0.4 is 0 Å². The lowest BCUT2D eigenvalue weighted by Crippen LogP contribution is -2.37. The zero-order valence-electron chi connectivity index (χ0n) is 13.1. The van der Waals surface area contributed by atoms with Gasteiger partial charge in [0.25, 0.3) is 0 Å². The molecule has 3 rings (SSSR count). The number of benzene rings is 1. The average Bonchev–Trinajstić information content (AvgIpc) is 2.85. The summed E-state index contributed by atoms with van der Waals surface area (Å²) in [5.41, 5.74) is 1.39. The van der Waals surface area contributed by atoms with E-state index in [0.29, 0.717) is 5.56 Å². The lowest BCUT2D eigenvalue weighted by molar-refractivity contribution is -0.144. The predicted octanol–water partition coefficient (Wildman–Crippen LogP) is 3.10. The lowest BCUT2D eigenvalue weighted by atomic mass is 10.0. The molecule has 6 nitrogen and oxygen atoms in total. The quantitative estimate of drug-likeness (QED) is 0.813. The predicted molar refractivity (Wildman–Crippen MR) is 93.1 cm³/mol. The molecule has 1 aromatic heterocycles.